The first-order valence-corrected chi connectivity index (χ1v) is 3.41. The summed E-state index contributed by atoms with van der Waals surface area (Å²) in [6.07, 6.45) is 0.101. The highest BCUT2D eigenvalue weighted by Crippen LogP contribution is 2.15. The van der Waals surface area contributed by atoms with Crippen LogP contribution in [-0.4, -0.2) is 10.1 Å². The van der Waals surface area contributed by atoms with E-state index in [0.29, 0.717) is 0 Å². The molecule has 12 heavy (non-hydrogen) atoms. The maximum Gasteiger partial charge on any atom is 0.147 e. The molecule has 0 amide bonds. The second-order valence-electron chi connectivity index (χ2n) is 2.25. The number of rotatable bonds is 2. The minimum atomic E-state index is -1.13. The molecule has 1 aromatic rings. The van der Waals surface area contributed by atoms with Crippen LogP contribution in [0.3, 0.4) is 0 Å². The largest absolute Gasteiger partial charge is 0.386 e. The van der Waals surface area contributed by atoms with Crippen LogP contribution in [0.1, 0.15) is 18.2 Å². The molecule has 0 spiro atoms. The zero-order chi connectivity index (χ0) is 8.97. The minimum Gasteiger partial charge on any atom is -0.386 e. The van der Waals surface area contributed by atoms with E-state index in [0.717, 1.165) is 0 Å². The Hall–Kier alpha value is -1.47. The van der Waals surface area contributed by atoms with Gasteiger partial charge in [0.15, 0.2) is 0 Å². The fourth-order valence-corrected chi connectivity index (χ4v) is 0.826. The Morgan fingerprint density at radius 3 is 3.08 bits per heavy atom. The zero-order valence-corrected chi connectivity index (χ0v) is 6.24. The van der Waals surface area contributed by atoms with E-state index < -0.39 is 11.9 Å². The molecule has 4 heteroatoms. The van der Waals surface area contributed by atoms with Gasteiger partial charge in [-0.2, -0.15) is 5.26 Å². The molecule has 1 unspecified atom stereocenters. The van der Waals surface area contributed by atoms with Gasteiger partial charge in [-0.15, -0.1) is 0 Å². The second-order valence-corrected chi connectivity index (χ2v) is 2.25. The molecule has 1 aromatic heterocycles. The number of nitrogens with zero attached hydrogens (tertiary/aromatic N) is 2. The highest BCUT2D eigenvalue weighted by Gasteiger charge is 2.12. The Morgan fingerprint density at radius 2 is 2.50 bits per heavy atom. The van der Waals surface area contributed by atoms with Crippen molar-refractivity contribution in [2.24, 2.45) is 0 Å². The summed E-state index contributed by atoms with van der Waals surface area (Å²) in [6.45, 7) is 0. The van der Waals surface area contributed by atoms with Crippen molar-refractivity contribution in [3.05, 3.63) is 29.8 Å². The van der Waals surface area contributed by atoms with Gasteiger partial charge in [0.25, 0.3) is 0 Å². The van der Waals surface area contributed by atoms with Crippen molar-refractivity contribution in [2.45, 2.75) is 12.5 Å². The molecule has 0 saturated heterocycles. The van der Waals surface area contributed by atoms with Crippen LogP contribution in [0.5, 0.6) is 0 Å². The van der Waals surface area contributed by atoms with Crippen molar-refractivity contribution >= 4 is 0 Å². The average Bonchev–Trinajstić information content (AvgIpc) is 2.05. The monoisotopic (exact) mass is 166 g/mol. The predicted molar refractivity (Wildman–Crippen MR) is 39.4 cm³/mol. The van der Waals surface area contributed by atoms with Crippen LogP contribution in [0.2, 0.25) is 0 Å². The highest BCUT2D eigenvalue weighted by atomic mass is 19.1. The first-order chi connectivity index (χ1) is 5.75. The third-order valence-electron chi connectivity index (χ3n) is 1.39. The number of pyridine rings is 1. The average molecular weight is 166 g/mol. The summed E-state index contributed by atoms with van der Waals surface area (Å²) in [4.78, 5) is 3.62. The van der Waals surface area contributed by atoms with Gasteiger partial charge in [-0.05, 0) is 12.1 Å². The molecule has 0 aromatic carbocycles. The fraction of sp³-hybridized carbons (Fsp3) is 0.250. The normalized spacial score (nSPS) is 12.1. The SMILES string of the molecule is N#CCC(O)c1ncccc1F. The first kappa shape index (κ1) is 8.62. The second kappa shape index (κ2) is 3.79. The number of halogens is 1. The number of hydrogen-bond acceptors (Lipinski definition) is 3. The molecule has 0 aliphatic rings. The topological polar surface area (TPSA) is 56.9 Å². The Morgan fingerprint density at radius 1 is 1.75 bits per heavy atom. The molecule has 1 N–H and O–H groups in total. The summed E-state index contributed by atoms with van der Waals surface area (Å²) in [5.74, 6) is -0.583. The van der Waals surface area contributed by atoms with E-state index in [2.05, 4.69) is 4.98 Å². The Balaban J connectivity index is 2.88. The number of aliphatic hydroxyl groups is 1. The van der Waals surface area contributed by atoms with Crippen molar-refractivity contribution in [2.75, 3.05) is 0 Å². The lowest BCUT2D eigenvalue weighted by Gasteiger charge is -2.05. The number of nitriles is 1. The van der Waals surface area contributed by atoms with Crippen molar-refractivity contribution in [3.8, 4) is 6.07 Å². The number of aromatic nitrogens is 1. The summed E-state index contributed by atoms with van der Waals surface area (Å²) < 4.78 is 12.8. The predicted octanol–water partition coefficient (Wildman–Crippen LogP) is 1.17. The minimum absolute atomic E-state index is 0.0703. The highest BCUT2D eigenvalue weighted by molar-refractivity contribution is 5.10. The molecule has 3 nitrogen and oxygen atoms in total. The van der Waals surface area contributed by atoms with Crippen LogP contribution in [0.4, 0.5) is 4.39 Å². The number of aliphatic hydroxyl groups excluding tert-OH is 1. The molecule has 0 radical (unpaired) electrons. The molecule has 0 aliphatic heterocycles. The van der Waals surface area contributed by atoms with Crippen LogP contribution in [0.25, 0.3) is 0 Å². The molecule has 1 rings (SSSR count). The van der Waals surface area contributed by atoms with Gasteiger partial charge >= 0.3 is 0 Å². The molecule has 0 aliphatic carbocycles. The van der Waals surface area contributed by atoms with E-state index in [4.69, 9.17) is 5.26 Å². The Bertz CT molecular complexity index is 308. The van der Waals surface area contributed by atoms with E-state index in [1.54, 1.807) is 6.07 Å². The third kappa shape index (κ3) is 1.77. The number of hydrogen-bond donors (Lipinski definition) is 1. The summed E-state index contributed by atoms with van der Waals surface area (Å²) in [5.41, 5.74) is -0.0703. The molecule has 62 valence electrons. The molecule has 1 heterocycles. The van der Waals surface area contributed by atoms with Crippen LogP contribution >= 0.6 is 0 Å². The van der Waals surface area contributed by atoms with E-state index in [1.165, 1.54) is 18.3 Å². The molecule has 1 atom stereocenters. The standard InChI is InChI=1S/C8H7FN2O/c9-6-2-1-5-11-8(6)7(12)3-4-10/h1-2,5,7,12H,3H2. The van der Waals surface area contributed by atoms with Crippen molar-refractivity contribution in [3.63, 3.8) is 0 Å². The molecular weight excluding hydrogens is 159 g/mol. The fourth-order valence-electron chi connectivity index (χ4n) is 0.826. The van der Waals surface area contributed by atoms with Gasteiger partial charge in [0.1, 0.15) is 17.6 Å². The van der Waals surface area contributed by atoms with Gasteiger partial charge in [0, 0.05) is 6.20 Å². The maximum absolute atomic E-state index is 12.8. The van der Waals surface area contributed by atoms with Gasteiger partial charge in [-0.1, -0.05) is 0 Å². The maximum atomic E-state index is 12.8. The Kier molecular flexibility index (Phi) is 2.72. The molecule has 0 saturated carbocycles. The van der Waals surface area contributed by atoms with Gasteiger partial charge in [0.05, 0.1) is 12.5 Å². The van der Waals surface area contributed by atoms with E-state index >= 15 is 0 Å². The van der Waals surface area contributed by atoms with Crippen LogP contribution < -0.4 is 0 Å². The molecular formula is C8H7FN2O. The summed E-state index contributed by atoms with van der Waals surface area (Å²) in [5, 5.41) is 17.4. The van der Waals surface area contributed by atoms with Gasteiger partial charge in [-0.3, -0.25) is 4.98 Å². The van der Waals surface area contributed by atoms with E-state index in [9.17, 15) is 9.50 Å². The summed E-state index contributed by atoms with van der Waals surface area (Å²) in [6, 6.07) is 4.36. The van der Waals surface area contributed by atoms with Crippen molar-refractivity contribution in [1.29, 1.82) is 5.26 Å². The summed E-state index contributed by atoms with van der Waals surface area (Å²) >= 11 is 0. The quantitative estimate of drug-likeness (QED) is 0.717. The van der Waals surface area contributed by atoms with Gasteiger partial charge in [0.2, 0.25) is 0 Å². The molecule has 0 bridgehead atoms. The van der Waals surface area contributed by atoms with Crippen molar-refractivity contribution in [1.82, 2.24) is 4.98 Å². The van der Waals surface area contributed by atoms with Crippen LogP contribution in [0.15, 0.2) is 18.3 Å². The zero-order valence-electron chi connectivity index (χ0n) is 6.24. The van der Waals surface area contributed by atoms with E-state index in [-0.39, 0.29) is 12.1 Å². The van der Waals surface area contributed by atoms with E-state index in [1.807, 2.05) is 0 Å². The lowest BCUT2D eigenvalue weighted by molar-refractivity contribution is 0.173. The summed E-state index contributed by atoms with van der Waals surface area (Å²) in [7, 11) is 0. The third-order valence-corrected chi connectivity index (χ3v) is 1.39. The smallest absolute Gasteiger partial charge is 0.147 e. The lowest BCUT2D eigenvalue weighted by Crippen LogP contribution is -2.02. The van der Waals surface area contributed by atoms with Crippen LogP contribution in [0, 0.1) is 17.1 Å². The van der Waals surface area contributed by atoms with Gasteiger partial charge < -0.3 is 5.11 Å². The first-order valence-electron chi connectivity index (χ1n) is 3.41. The molecule has 0 fully saturated rings. The lowest BCUT2D eigenvalue weighted by atomic mass is 10.2. The van der Waals surface area contributed by atoms with Gasteiger partial charge in [-0.25, -0.2) is 4.39 Å². The van der Waals surface area contributed by atoms with Crippen molar-refractivity contribution < 1.29 is 9.50 Å². The van der Waals surface area contributed by atoms with Crippen LogP contribution in [-0.2, 0) is 0 Å². The Labute approximate surface area is 69.1 Å².